The summed E-state index contributed by atoms with van der Waals surface area (Å²) in [5.74, 6) is -2.11. The van der Waals surface area contributed by atoms with Crippen molar-refractivity contribution in [1.29, 1.82) is 0 Å². The van der Waals surface area contributed by atoms with Crippen molar-refractivity contribution in [3.05, 3.63) is 0 Å². The lowest BCUT2D eigenvalue weighted by atomic mass is 10.0. The minimum Gasteiger partial charge on any atom is -0.463 e. The van der Waals surface area contributed by atoms with Gasteiger partial charge in [0.1, 0.15) is 19.8 Å². The largest absolute Gasteiger partial charge is 0.463 e. The molecule has 0 aromatic carbocycles. The van der Waals surface area contributed by atoms with Gasteiger partial charge in [0.25, 0.3) is 0 Å². The Balaban J connectivity index is 3.92. The van der Waals surface area contributed by atoms with Gasteiger partial charge in [-0.1, -0.05) is 96.8 Å². The molecule has 0 bridgehead atoms. The van der Waals surface area contributed by atoms with Crippen LogP contribution in [0.4, 0.5) is 0 Å². The average molecular weight is 559 g/mol. The quantitative estimate of drug-likeness (QED) is 0.0657. The van der Waals surface area contributed by atoms with E-state index in [-0.39, 0.29) is 45.7 Å². The van der Waals surface area contributed by atoms with Gasteiger partial charge in [-0.3, -0.25) is 19.2 Å². The van der Waals surface area contributed by atoms with Gasteiger partial charge in [0.2, 0.25) is 0 Å². The third kappa shape index (κ3) is 27.2. The number of unbranched alkanes of at least 4 members (excludes halogenated alkanes) is 14. The van der Waals surface area contributed by atoms with Crippen molar-refractivity contribution in [3.63, 3.8) is 0 Å². The molecule has 1 atom stereocenters. The zero-order valence-corrected chi connectivity index (χ0v) is 24.8. The van der Waals surface area contributed by atoms with E-state index < -0.39 is 30.0 Å². The van der Waals surface area contributed by atoms with Crippen LogP contribution < -0.4 is 0 Å². The van der Waals surface area contributed by atoms with Crippen LogP contribution in [-0.2, 0) is 42.9 Å². The molecule has 0 aliphatic heterocycles. The fourth-order valence-electron chi connectivity index (χ4n) is 3.99. The molecule has 0 amide bonds. The summed E-state index contributed by atoms with van der Waals surface area (Å²) in [6, 6.07) is 0. The number of hydrogen-bond donors (Lipinski definition) is 0. The van der Waals surface area contributed by atoms with E-state index in [2.05, 4.69) is 6.92 Å². The van der Waals surface area contributed by atoms with Crippen LogP contribution in [0.5, 0.6) is 0 Å². The van der Waals surface area contributed by atoms with Crippen LogP contribution in [0.25, 0.3) is 0 Å². The van der Waals surface area contributed by atoms with Gasteiger partial charge in [-0.2, -0.15) is 0 Å². The second-order valence-corrected chi connectivity index (χ2v) is 10.0. The molecule has 0 saturated heterocycles. The third-order valence-corrected chi connectivity index (χ3v) is 6.27. The van der Waals surface area contributed by atoms with E-state index in [0.717, 1.165) is 19.3 Å². The Morgan fingerprint density at radius 2 is 1.00 bits per heavy atom. The molecular formula is C30H54O9. The van der Waals surface area contributed by atoms with Crippen LogP contribution in [0, 0.1) is 0 Å². The van der Waals surface area contributed by atoms with E-state index in [1.807, 2.05) is 0 Å². The van der Waals surface area contributed by atoms with Gasteiger partial charge in [-0.15, -0.1) is 0 Å². The second kappa shape index (κ2) is 27.4. The number of rotatable bonds is 27. The first kappa shape index (κ1) is 36.8. The molecule has 1 unspecified atom stereocenters. The number of methoxy groups -OCH3 is 1. The van der Waals surface area contributed by atoms with Crippen molar-refractivity contribution in [2.45, 2.75) is 136 Å². The number of esters is 4. The van der Waals surface area contributed by atoms with Gasteiger partial charge in [0, 0.05) is 20.5 Å². The molecule has 9 nitrogen and oxygen atoms in total. The van der Waals surface area contributed by atoms with Crippen molar-refractivity contribution in [2.24, 2.45) is 0 Å². The number of hydrogen-bond acceptors (Lipinski definition) is 9. The highest BCUT2D eigenvalue weighted by molar-refractivity contribution is 5.77. The topological polar surface area (TPSA) is 114 Å². The molecule has 0 N–H and O–H groups in total. The molecule has 0 rings (SSSR count). The van der Waals surface area contributed by atoms with Crippen LogP contribution in [-0.4, -0.2) is 63.5 Å². The molecule has 0 heterocycles. The minimum atomic E-state index is -0.893. The maximum Gasteiger partial charge on any atom is 0.306 e. The molecule has 0 aliphatic carbocycles. The second-order valence-electron chi connectivity index (χ2n) is 10.0. The van der Waals surface area contributed by atoms with E-state index in [4.69, 9.17) is 23.7 Å². The monoisotopic (exact) mass is 558 g/mol. The highest BCUT2D eigenvalue weighted by Crippen LogP contribution is 2.14. The number of carbonyl (C=O) groups excluding carboxylic acids is 4. The van der Waals surface area contributed by atoms with Crippen LogP contribution in [0.3, 0.4) is 0 Å². The molecule has 0 spiro atoms. The van der Waals surface area contributed by atoms with Gasteiger partial charge in [-0.25, -0.2) is 0 Å². The van der Waals surface area contributed by atoms with Gasteiger partial charge in [-0.05, 0) is 6.42 Å². The zero-order valence-electron chi connectivity index (χ0n) is 24.8. The molecule has 9 heteroatoms. The molecule has 0 aliphatic rings. The van der Waals surface area contributed by atoms with E-state index in [1.165, 1.54) is 91.1 Å². The molecule has 39 heavy (non-hydrogen) atoms. The van der Waals surface area contributed by atoms with E-state index in [0.29, 0.717) is 0 Å². The Morgan fingerprint density at radius 1 is 0.538 bits per heavy atom. The predicted molar refractivity (Wildman–Crippen MR) is 149 cm³/mol. The number of carbonyl (C=O) groups is 4. The minimum absolute atomic E-state index is 0.115. The van der Waals surface area contributed by atoms with E-state index in [9.17, 15) is 19.2 Å². The van der Waals surface area contributed by atoms with Crippen molar-refractivity contribution < 1.29 is 42.9 Å². The molecule has 0 saturated carbocycles. The normalized spacial score (nSPS) is 11.6. The van der Waals surface area contributed by atoms with Crippen LogP contribution in [0.15, 0.2) is 0 Å². The molecule has 0 aromatic rings. The summed E-state index contributed by atoms with van der Waals surface area (Å²) in [5, 5.41) is 0. The van der Waals surface area contributed by atoms with E-state index in [1.54, 1.807) is 0 Å². The maximum absolute atomic E-state index is 12.2. The standard InChI is InChI=1S/C30H54O9/c1-4-5-6-7-8-9-10-11-12-13-14-15-16-17-18-19-30(34)39-27(24-37-26(2)31)25-38-29(33)21-20-28(32)36-23-22-35-3/h27H,4-25H2,1-3H3. The third-order valence-electron chi connectivity index (χ3n) is 6.27. The maximum atomic E-state index is 12.2. The lowest BCUT2D eigenvalue weighted by molar-refractivity contribution is -0.166. The Labute approximate surface area is 236 Å². The van der Waals surface area contributed by atoms with Crippen LogP contribution in [0.1, 0.15) is 129 Å². The first-order valence-corrected chi connectivity index (χ1v) is 15.0. The summed E-state index contributed by atoms with van der Waals surface area (Å²) in [5.41, 5.74) is 0. The zero-order chi connectivity index (χ0) is 29.0. The highest BCUT2D eigenvalue weighted by Gasteiger charge is 2.19. The molecule has 228 valence electrons. The number of ether oxygens (including phenoxy) is 5. The van der Waals surface area contributed by atoms with Gasteiger partial charge in [0.15, 0.2) is 6.10 Å². The smallest absolute Gasteiger partial charge is 0.306 e. The summed E-state index contributed by atoms with van der Waals surface area (Å²) in [4.78, 5) is 46.9. The van der Waals surface area contributed by atoms with Crippen molar-refractivity contribution in [2.75, 3.05) is 33.5 Å². The summed E-state index contributed by atoms with van der Waals surface area (Å²) in [7, 11) is 1.49. The Kier molecular flexibility index (Phi) is 25.9. The van der Waals surface area contributed by atoms with Crippen LogP contribution >= 0.6 is 0 Å². The summed E-state index contributed by atoms with van der Waals surface area (Å²) in [6.45, 7) is 3.43. The SMILES string of the molecule is CCCCCCCCCCCCCCCCCC(=O)OC(COC(C)=O)COC(=O)CCC(=O)OCCOC. The van der Waals surface area contributed by atoms with Crippen LogP contribution in [0.2, 0.25) is 0 Å². The van der Waals surface area contributed by atoms with Crippen molar-refractivity contribution in [1.82, 2.24) is 0 Å². The van der Waals surface area contributed by atoms with Crippen molar-refractivity contribution >= 4 is 23.9 Å². The average Bonchev–Trinajstić information content (AvgIpc) is 2.91. The van der Waals surface area contributed by atoms with Gasteiger partial charge >= 0.3 is 23.9 Å². The fraction of sp³-hybridized carbons (Fsp3) is 0.867. The Morgan fingerprint density at radius 3 is 1.49 bits per heavy atom. The Hall–Kier alpha value is -2.16. The highest BCUT2D eigenvalue weighted by atomic mass is 16.6. The molecule has 0 aromatic heterocycles. The van der Waals surface area contributed by atoms with Gasteiger partial charge < -0.3 is 23.7 Å². The first-order chi connectivity index (χ1) is 18.9. The molecule has 0 fully saturated rings. The lowest BCUT2D eigenvalue weighted by Gasteiger charge is -2.17. The first-order valence-electron chi connectivity index (χ1n) is 15.0. The summed E-state index contributed by atoms with van der Waals surface area (Å²) >= 11 is 0. The molecular weight excluding hydrogens is 504 g/mol. The predicted octanol–water partition coefficient (Wildman–Crippen LogP) is 6.24. The lowest BCUT2D eigenvalue weighted by Crippen LogP contribution is -2.30. The van der Waals surface area contributed by atoms with Crippen molar-refractivity contribution in [3.8, 4) is 0 Å². The molecule has 0 radical (unpaired) electrons. The summed E-state index contributed by atoms with van der Waals surface area (Å²) in [6.07, 6.45) is 17.7. The van der Waals surface area contributed by atoms with Gasteiger partial charge in [0.05, 0.1) is 19.4 Å². The fourth-order valence-corrected chi connectivity index (χ4v) is 3.99. The Bertz CT molecular complexity index is 636. The summed E-state index contributed by atoms with van der Waals surface area (Å²) < 4.78 is 25.1. The van der Waals surface area contributed by atoms with E-state index >= 15 is 0 Å².